The van der Waals surface area contributed by atoms with Gasteiger partial charge in [0, 0.05) is 44.2 Å². The van der Waals surface area contributed by atoms with E-state index in [4.69, 9.17) is 10.8 Å². The highest BCUT2D eigenvalue weighted by Gasteiger charge is 2.41. The number of amides is 2. The maximum absolute atomic E-state index is 13.7. The molecule has 9 nitrogen and oxygen atoms in total. The molecule has 0 saturated heterocycles. The summed E-state index contributed by atoms with van der Waals surface area (Å²) < 4.78 is 41.2. The number of halogens is 3. The quantitative estimate of drug-likeness (QED) is 0.459. The van der Waals surface area contributed by atoms with Gasteiger partial charge in [-0.05, 0) is 48.6 Å². The van der Waals surface area contributed by atoms with Gasteiger partial charge in [0.2, 0.25) is 5.91 Å². The lowest BCUT2D eigenvalue weighted by molar-refractivity contribution is -0.137. The van der Waals surface area contributed by atoms with Crippen molar-refractivity contribution in [1.82, 2.24) is 24.6 Å². The first-order valence-corrected chi connectivity index (χ1v) is 13.6. The zero-order valence-electron chi connectivity index (χ0n) is 22.2. The molecule has 0 unspecified atom stereocenters. The molecule has 1 saturated carbocycles. The number of nitrogen functional groups attached to an aromatic ring is 1. The molecule has 0 spiro atoms. The number of carbonyl (C=O) groups is 2. The summed E-state index contributed by atoms with van der Waals surface area (Å²) in [5, 5.41) is 15.8. The van der Waals surface area contributed by atoms with Crippen molar-refractivity contribution < 1.29 is 27.9 Å². The molecule has 2 aromatic heterocycles. The second-order valence-corrected chi connectivity index (χ2v) is 10.8. The van der Waals surface area contributed by atoms with Crippen molar-refractivity contribution in [1.29, 1.82) is 0 Å². The molecule has 4 heterocycles. The first kappa shape index (κ1) is 26.9. The van der Waals surface area contributed by atoms with Crippen molar-refractivity contribution in [2.45, 2.75) is 50.2 Å². The number of benzene rings is 1. The number of aromatic hydroxyl groups is 1. The number of hydrogen-bond donors (Lipinski definition) is 2. The third-order valence-electron chi connectivity index (χ3n) is 8.41. The highest BCUT2D eigenvalue weighted by atomic mass is 19.4. The Kier molecular flexibility index (Phi) is 6.50. The van der Waals surface area contributed by atoms with Crippen LogP contribution in [0.15, 0.2) is 43.1 Å². The first-order valence-electron chi connectivity index (χ1n) is 13.6. The van der Waals surface area contributed by atoms with E-state index in [1.807, 2.05) is 12.1 Å². The van der Waals surface area contributed by atoms with Crippen LogP contribution in [0.25, 0.3) is 5.69 Å². The van der Waals surface area contributed by atoms with Crippen molar-refractivity contribution >= 4 is 17.5 Å². The van der Waals surface area contributed by atoms with Crippen molar-refractivity contribution in [3.8, 4) is 11.4 Å². The Bertz CT molecular complexity index is 1560. The lowest BCUT2D eigenvalue weighted by atomic mass is 9.80. The SMILES string of the molecule is C=CC(=O)N1CCc2nn(-c3ccc(C4CCC4)cc3O)c3c2[C@H](C1)N(C(=O)c1ncc(C(F)(F)F)cc1N)CC3. The van der Waals surface area contributed by atoms with Gasteiger partial charge in [-0.3, -0.25) is 9.59 Å². The van der Waals surface area contributed by atoms with E-state index in [2.05, 4.69) is 11.6 Å². The normalized spacial score (nSPS) is 18.9. The van der Waals surface area contributed by atoms with Crippen molar-refractivity contribution in [2.75, 3.05) is 25.4 Å². The Labute approximate surface area is 234 Å². The fourth-order valence-corrected chi connectivity index (χ4v) is 6.03. The van der Waals surface area contributed by atoms with Gasteiger partial charge in [0.1, 0.15) is 11.4 Å². The summed E-state index contributed by atoms with van der Waals surface area (Å²) in [4.78, 5) is 33.2. The van der Waals surface area contributed by atoms with Crippen LogP contribution in [0.2, 0.25) is 0 Å². The maximum atomic E-state index is 13.7. The van der Waals surface area contributed by atoms with Crippen molar-refractivity contribution in [3.05, 3.63) is 76.9 Å². The van der Waals surface area contributed by atoms with Gasteiger partial charge < -0.3 is 20.6 Å². The second-order valence-electron chi connectivity index (χ2n) is 10.8. The van der Waals surface area contributed by atoms with Gasteiger partial charge >= 0.3 is 6.18 Å². The Morgan fingerprint density at radius 3 is 2.56 bits per heavy atom. The van der Waals surface area contributed by atoms with E-state index < -0.39 is 23.7 Å². The Morgan fingerprint density at radius 2 is 1.93 bits per heavy atom. The lowest BCUT2D eigenvalue weighted by Crippen LogP contribution is -2.46. The predicted octanol–water partition coefficient (Wildman–Crippen LogP) is 4.15. The molecule has 3 aliphatic rings. The zero-order chi connectivity index (χ0) is 29.1. The molecule has 0 bridgehead atoms. The minimum atomic E-state index is -4.65. The lowest BCUT2D eigenvalue weighted by Gasteiger charge is -2.37. The van der Waals surface area contributed by atoms with E-state index in [9.17, 15) is 27.9 Å². The molecule has 1 aliphatic carbocycles. The van der Waals surface area contributed by atoms with Gasteiger partial charge in [-0.2, -0.15) is 18.3 Å². The number of hydrogen-bond acceptors (Lipinski definition) is 6. The number of pyridine rings is 1. The van der Waals surface area contributed by atoms with Crippen molar-refractivity contribution in [2.24, 2.45) is 0 Å². The summed E-state index contributed by atoms with van der Waals surface area (Å²) in [7, 11) is 0. The smallest absolute Gasteiger partial charge is 0.417 e. The van der Waals surface area contributed by atoms with Crippen LogP contribution in [0, 0.1) is 0 Å². The third-order valence-corrected chi connectivity index (χ3v) is 8.41. The summed E-state index contributed by atoms with van der Waals surface area (Å²) in [6.45, 7) is 4.23. The van der Waals surface area contributed by atoms with Gasteiger partial charge in [0.05, 0.1) is 28.7 Å². The number of nitrogens with zero attached hydrogens (tertiary/aromatic N) is 5. The molecule has 3 N–H and O–H groups in total. The number of anilines is 1. The van der Waals surface area contributed by atoms with Crippen LogP contribution in [0.5, 0.6) is 5.75 Å². The molecule has 41 heavy (non-hydrogen) atoms. The van der Waals surface area contributed by atoms with Crippen LogP contribution < -0.4 is 5.73 Å². The number of phenolic OH excluding ortho intramolecular Hbond substituents is 1. The number of carbonyl (C=O) groups excluding carboxylic acids is 2. The highest BCUT2D eigenvalue weighted by molar-refractivity contribution is 5.97. The predicted molar refractivity (Wildman–Crippen MR) is 143 cm³/mol. The summed E-state index contributed by atoms with van der Waals surface area (Å²) in [6, 6.07) is 5.71. The second kappa shape index (κ2) is 9.93. The standard InChI is InChI=1S/C29H29F3N6O3/c1-2-25(40)36-10-8-20-26-22(38(35-20)21-7-6-17(12-24(21)39)16-4-3-5-16)9-11-37(23(26)15-36)28(41)27-19(33)13-18(14-34-27)29(30,31)32/h2,6-7,12-14,16,23,39H,1,3-5,8-11,15,33H2/t23-/m0/s1. The van der Waals surface area contributed by atoms with Crippen LogP contribution in [0.3, 0.4) is 0 Å². The van der Waals surface area contributed by atoms with Crippen LogP contribution in [-0.2, 0) is 23.8 Å². The van der Waals surface area contributed by atoms with Gasteiger partial charge in [0.15, 0.2) is 5.69 Å². The molecule has 12 heteroatoms. The average Bonchev–Trinajstić information content (AvgIpc) is 3.15. The van der Waals surface area contributed by atoms with E-state index in [1.165, 1.54) is 17.4 Å². The fraction of sp³-hybridized carbons (Fsp3) is 0.379. The van der Waals surface area contributed by atoms with E-state index in [0.29, 0.717) is 48.9 Å². The molecule has 2 amide bonds. The average molecular weight is 567 g/mol. The number of nitrogens with two attached hydrogens (primary N) is 1. The minimum Gasteiger partial charge on any atom is -0.506 e. The topological polar surface area (TPSA) is 118 Å². The summed E-state index contributed by atoms with van der Waals surface area (Å²) >= 11 is 0. The van der Waals surface area contributed by atoms with E-state index >= 15 is 0 Å². The largest absolute Gasteiger partial charge is 0.506 e. The van der Waals surface area contributed by atoms with E-state index in [0.717, 1.165) is 29.7 Å². The van der Waals surface area contributed by atoms with Crippen LogP contribution in [0.4, 0.5) is 18.9 Å². The number of rotatable bonds is 4. The van der Waals surface area contributed by atoms with Gasteiger partial charge in [-0.15, -0.1) is 0 Å². The monoisotopic (exact) mass is 566 g/mol. The molecule has 1 fully saturated rings. The Morgan fingerprint density at radius 1 is 1.15 bits per heavy atom. The Hall–Kier alpha value is -4.35. The summed E-state index contributed by atoms with van der Waals surface area (Å²) in [5.41, 5.74) is 8.05. The number of alkyl halides is 3. The molecule has 1 atom stereocenters. The molecule has 2 aliphatic heterocycles. The van der Waals surface area contributed by atoms with Crippen LogP contribution in [0.1, 0.15) is 69.8 Å². The first-order chi connectivity index (χ1) is 19.6. The zero-order valence-corrected chi connectivity index (χ0v) is 22.2. The minimum absolute atomic E-state index is 0.114. The van der Waals surface area contributed by atoms with Gasteiger partial charge in [0.25, 0.3) is 5.91 Å². The molecule has 1 aromatic carbocycles. The van der Waals surface area contributed by atoms with E-state index in [-0.39, 0.29) is 36.1 Å². The molecule has 3 aromatic rings. The third kappa shape index (κ3) is 4.60. The van der Waals surface area contributed by atoms with Crippen LogP contribution >= 0.6 is 0 Å². The molecule has 0 radical (unpaired) electrons. The van der Waals surface area contributed by atoms with Gasteiger partial charge in [-0.1, -0.05) is 19.1 Å². The Balaban J connectivity index is 1.40. The summed E-state index contributed by atoms with van der Waals surface area (Å²) in [6.07, 6.45) is 1.31. The van der Waals surface area contributed by atoms with Crippen LogP contribution in [-0.4, -0.2) is 61.1 Å². The van der Waals surface area contributed by atoms with Crippen molar-refractivity contribution in [3.63, 3.8) is 0 Å². The molecular weight excluding hydrogens is 537 g/mol. The highest BCUT2D eigenvalue weighted by Crippen LogP contribution is 2.41. The summed E-state index contributed by atoms with van der Waals surface area (Å²) in [5.74, 6) is -0.375. The number of phenols is 1. The molecular formula is C29H29F3N6O3. The maximum Gasteiger partial charge on any atom is 0.417 e. The fourth-order valence-electron chi connectivity index (χ4n) is 6.03. The van der Waals surface area contributed by atoms with Gasteiger partial charge in [-0.25, -0.2) is 9.67 Å². The van der Waals surface area contributed by atoms with E-state index in [1.54, 1.807) is 15.6 Å². The molecule has 214 valence electrons. The molecule has 6 rings (SSSR count). The number of aromatic nitrogens is 3.